The Balaban J connectivity index is 1.13. The molecule has 0 spiro atoms. The van der Waals surface area contributed by atoms with E-state index in [9.17, 15) is 0 Å². The molecule has 13 rings (SSSR count). The number of benzene rings is 7. The summed E-state index contributed by atoms with van der Waals surface area (Å²) in [6.07, 6.45) is 8.16. The summed E-state index contributed by atoms with van der Waals surface area (Å²) in [4.78, 5) is 5.46. The van der Waals surface area contributed by atoms with E-state index in [-0.39, 0.29) is 39.2 Å². The summed E-state index contributed by atoms with van der Waals surface area (Å²) in [7, 11) is 0. The Labute approximate surface area is 438 Å². The molecule has 0 saturated carbocycles. The molecule has 0 fully saturated rings. The van der Waals surface area contributed by atoms with Gasteiger partial charge in [0.15, 0.2) is 0 Å². The molecule has 0 radical (unpaired) electrons. The molecule has 0 bridgehead atoms. The Bertz CT molecular complexity index is 3540. The Morgan fingerprint density at radius 1 is 0.356 bits per heavy atom. The number of anilines is 6. The van der Waals surface area contributed by atoms with E-state index in [1.54, 1.807) is 11.1 Å². The van der Waals surface area contributed by atoms with Crippen LogP contribution in [0.15, 0.2) is 109 Å². The first-order valence-electron chi connectivity index (χ1n) is 28.0. The quantitative estimate of drug-likeness (QED) is 0.163. The maximum Gasteiger partial charge on any atom is 0.252 e. The maximum atomic E-state index is 2.75. The predicted octanol–water partition coefficient (Wildman–Crippen LogP) is 17.0. The van der Waals surface area contributed by atoms with Crippen molar-refractivity contribution in [3.8, 4) is 22.3 Å². The van der Waals surface area contributed by atoms with Crippen LogP contribution in [0.5, 0.6) is 0 Å². The van der Waals surface area contributed by atoms with E-state index in [4.69, 9.17) is 0 Å². The van der Waals surface area contributed by atoms with E-state index < -0.39 is 0 Å². The molecule has 0 unspecified atom stereocenters. The van der Waals surface area contributed by atoms with Crippen molar-refractivity contribution in [2.75, 3.05) is 9.80 Å². The third-order valence-corrected chi connectivity index (χ3v) is 20.1. The lowest BCUT2D eigenvalue weighted by atomic mass is 9.33. The largest absolute Gasteiger partial charge is 0.311 e. The molecular formula is C70H77BN2. The van der Waals surface area contributed by atoms with Gasteiger partial charge in [-0.05, 0) is 234 Å². The van der Waals surface area contributed by atoms with Crippen LogP contribution in [0.4, 0.5) is 34.1 Å². The molecule has 0 amide bonds. The highest BCUT2D eigenvalue weighted by atomic mass is 15.2. The summed E-state index contributed by atoms with van der Waals surface area (Å²) in [6.45, 7) is 36.9. The van der Waals surface area contributed by atoms with E-state index in [2.05, 4.69) is 223 Å². The van der Waals surface area contributed by atoms with Gasteiger partial charge in [0.05, 0.1) is 0 Å². The molecule has 0 N–H and O–H groups in total. The van der Waals surface area contributed by atoms with Crippen molar-refractivity contribution in [1.82, 2.24) is 0 Å². The van der Waals surface area contributed by atoms with E-state index >= 15 is 0 Å². The normalized spacial score (nSPS) is 20.2. The number of hydrogen-bond donors (Lipinski definition) is 0. The Kier molecular flexibility index (Phi) is 9.76. The average molecular weight is 957 g/mol. The lowest BCUT2D eigenvalue weighted by Gasteiger charge is -2.47. The molecule has 7 aromatic rings. The molecule has 0 aromatic heterocycles. The molecule has 3 heteroatoms. The lowest BCUT2D eigenvalue weighted by Crippen LogP contribution is -2.61. The molecule has 6 aliphatic rings. The van der Waals surface area contributed by atoms with Gasteiger partial charge in [0, 0.05) is 34.1 Å². The zero-order chi connectivity index (χ0) is 51.3. The van der Waals surface area contributed by atoms with Crippen molar-refractivity contribution in [1.29, 1.82) is 0 Å². The summed E-state index contributed by atoms with van der Waals surface area (Å²) in [5.41, 5.74) is 34.2. The fourth-order valence-corrected chi connectivity index (χ4v) is 15.1. The van der Waals surface area contributed by atoms with Gasteiger partial charge < -0.3 is 9.80 Å². The minimum absolute atomic E-state index is 0.0249. The number of nitrogens with zero attached hydrogens (tertiary/aromatic N) is 2. The third-order valence-electron chi connectivity index (χ3n) is 20.1. The Morgan fingerprint density at radius 2 is 0.781 bits per heavy atom. The third kappa shape index (κ3) is 6.81. The molecule has 7 aromatic carbocycles. The van der Waals surface area contributed by atoms with Crippen LogP contribution >= 0.6 is 0 Å². The van der Waals surface area contributed by atoms with Crippen LogP contribution < -0.4 is 26.2 Å². The zero-order valence-corrected chi connectivity index (χ0v) is 46.8. The molecule has 0 saturated heterocycles. The van der Waals surface area contributed by atoms with Gasteiger partial charge >= 0.3 is 0 Å². The first kappa shape index (κ1) is 47.0. The van der Waals surface area contributed by atoms with Gasteiger partial charge in [-0.15, -0.1) is 0 Å². The van der Waals surface area contributed by atoms with Gasteiger partial charge in [-0.2, -0.15) is 0 Å². The van der Waals surface area contributed by atoms with Gasteiger partial charge in [-0.25, -0.2) is 0 Å². The molecule has 2 heterocycles. The van der Waals surface area contributed by atoms with Crippen molar-refractivity contribution in [3.63, 3.8) is 0 Å². The first-order valence-corrected chi connectivity index (χ1v) is 28.0. The summed E-state index contributed by atoms with van der Waals surface area (Å²) < 4.78 is 0. The van der Waals surface area contributed by atoms with E-state index in [1.165, 1.54) is 161 Å². The van der Waals surface area contributed by atoms with E-state index in [0.717, 1.165) is 6.42 Å². The predicted molar refractivity (Wildman–Crippen MR) is 314 cm³/mol. The lowest BCUT2D eigenvalue weighted by molar-refractivity contribution is 0.332. The molecule has 2 nitrogen and oxygen atoms in total. The second-order valence-electron chi connectivity index (χ2n) is 27.9. The van der Waals surface area contributed by atoms with Gasteiger partial charge in [-0.3, -0.25) is 0 Å². The fraction of sp³-hybridized carbons (Fsp3) is 0.400. The first-order chi connectivity index (χ1) is 34.3. The average Bonchev–Trinajstić information content (AvgIpc) is 3.70. The minimum Gasteiger partial charge on any atom is -0.311 e. The second-order valence-corrected chi connectivity index (χ2v) is 27.9. The van der Waals surface area contributed by atoms with Gasteiger partial charge in [0.25, 0.3) is 6.71 Å². The smallest absolute Gasteiger partial charge is 0.252 e. The zero-order valence-electron chi connectivity index (χ0n) is 46.8. The summed E-state index contributed by atoms with van der Waals surface area (Å²) in [6, 6.07) is 44.6. The minimum atomic E-state index is 0.0249. The van der Waals surface area contributed by atoms with Crippen molar-refractivity contribution < 1.29 is 0 Å². The van der Waals surface area contributed by atoms with Crippen molar-refractivity contribution in [2.45, 2.75) is 181 Å². The molecule has 4 aliphatic carbocycles. The van der Waals surface area contributed by atoms with Crippen LogP contribution in [0.3, 0.4) is 0 Å². The van der Waals surface area contributed by atoms with Gasteiger partial charge in [0.2, 0.25) is 0 Å². The fourth-order valence-electron chi connectivity index (χ4n) is 15.1. The number of fused-ring (bicyclic) bond motifs is 10. The summed E-state index contributed by atoms with van der Waals surface area (Å²) >= 11 is 0. The van der Waals surface area contributed by atoms with Gasteiger partial charge in [-0.1, -0.05) is 156 Å². The highest BCUT2D eigenvalue weighted by molar-refractivity contribution is 7.00. The number of aryl methyl sites for hydroxylation is 3. The topological polar surface area (TPSA) is 6.48 Å². The Hall–Kier alpha value is -5.80. The molecule has 0 atom stereocenters. The van der Waals surface area contributed by atoms with E-state index in [1.807, 2.05) is 0 Å². The highest BCUT2D eigenvalue weighted by Crippen LogP contribution is 2.55. The van der Waals surface area contributed by atoms with Crippen molar-refractivity contribution in [3.05, 3.63) is 170 Å². The molecular weight excluding hydrogens is 880 g/mol. The van der Waals surface area contributed by atoms with Crippen LogP contribution in [0.25, 0.3) is 22.3 Å². The monoisotopic (exact) mass is 957 g/mol. The van der Waals surface area contributed by atoms with Crippen LogP contribution in [0.2, 0.25) is 0 Å². The SMILES string of the molecule is Cc1cc2c3c(c1)N(c1cc4c(cc1C)C(C)(C)CCC4(C)C)c1cc4c(cc1B3c1ccc(-c3ccccc3)cc1N2c1cc2c(cc1C)C(C)(C)CCC2(C)C)-c1cc2c(cc1C4)C(C)(C)CCC2(C)C. The van der Waals surface area contributed by atoms with E-state index in [0.29, 0.717) is 0 Å². The van der Waals surface area contributed by atoms with Crippen LogP contribution in [-0.2, 0) is 38.9 Å². The standard InChI is InChI=1S/C70H77BN2/c1-41-29-62-64-63(30-41)73(59-40-55-51(32-43(59)3)66(6,7)24-28-70(55,14)15)61-36-47-33-46-34-52-53(68(10,11)26-25-67(52,8)9)37-48(46)49(47)38-57(61)71(64)56-22-21-45(44-19-17-16-18-20-44)35-60(56)72(62)58-39-54-50(31-42(58)2)65(4,5)23-27-69(54,12)13/h16-22,29-32,34-40H,23-28,33H2,1-15H3. The number of hydrogen-bond acceptors (Lipinski definition) is 2. The Morgan fingerprint density at radius 3 is 1.29 bits per heavy atom. The van der Waals surface area contributed by atoms with Crippen molar-refractivity contribution in [2.24, 2.45) is 0 Å². The van der Waals surface area contributed by atoms with Crippen LogP contribution in [-0.4, -0.2) is 6.71 Å². The molecule has 370 valence electrons. The van der Waals surface area contributed by atoms with Crippen LogP contribution in [0.1, 0.15) is 183 Å². The van der Waals surface area contributed by atoms with Crippen LogP contribution in [0, 0.1) is 20.8 Å². The highest BCUT2D eigenvalue weighted by Gasteiger charge is 2.48. The maximum absolute atomic E-state index is 2.75. The number of rotatable bonds is 3. The molecule has 2 aliphatic heterocycles. The summed E-state index contributed by atoms with van der Waals surface area (Å²) in [5.74, 6) is 0. The molecule has 73 heavy (non-hydrogen) atoms. The van der Waals surface area contributed by atoms with Crippen molar-refractivity contribution >= 4 is 57.2 Å². The summed E-state index contributed by atoms with van der Waals surface area (Å²) in [5, 5.41) is 0. The second kappa shape index (κ2) is 15.2. The van der Waals surface area contributed by atoms with Gasteiger partial charge in [0.1, 0.15) is 0 Å².